The second kappa shape index (κ2) is 8.78. The van der Waals surface area contributed by atoms with E-state index in [-0.39, 0.29) is 12.0 Å². The van der Waals surface area contributed by atoms with Crippen molar-refractivity contribution in [1.29, 1.82) is 0 Å². The van der Waals surface area contributed by atoms with E-state index in [4.69, 9.17) is 0 Å². The van der Waals surface area contributed by atoms with Crippen LogP contribution in [0.1, 0.15) is 36.6 Å². The van der Waals surface area contributed by atoms with Crippen molar-refractivity contribution in [2.24, 2.45) is 12.0 Å². The van der Waals surface area contributed by atoms with Gasteiger partial charge in [0.1, 0.15) is 11.6 Å². The lowest BCUT2D eigenvalue weighted by Crippen LogP contribution is -2.39. The molecule has 0 saturated heterocycles. The van der Waals surface area contributed by atoms with Crippen molar-refractivity contribution in [3.05, 3.63) is 52.9 Å². The summed E-state index contributed by atoms with van der Waals surface area (Å²) in [7, 11) is 5.52. The number of halogens is 2. The molecule has 0 aliphatic rings. The Kier molecular flexibility index (Phi) is 6.71. The summed E-state index contributed by atoms with van der Waals surface area (Å²) in [5.74, 6) is -0.0435. The van der Waals surface area contributed by atoms with Crippen LogP contribution >= 0.6 is 0 Å². The third-order valence-corrected chi connectivity index (χ3v) is 4.18. The van der Waals surface area contributed by atoms with Crippen molar-refractivity contribution in [2.45, 2.75) is 32.7 Å². The highest BCUT2D eigenvalue weighted by Gasteiger charge is 2.15. The van der Waals surface area contributed by atoms with E-state index in [1.54, 1.807) is 7.05 Å². The summed E-state index contributed by atoms with van der Waals surface area (Å²) in [6.07, 6.45) is 2.25. The molecule has 0 amide bonds. The third-order valence-electron chi connectivity index (χ3n) is 4.18. The van der Waals surface area contributed by atoms with E-state index < -0.39 is 11.6 Å². The smallest absolute Gasteiger partial charge is 0.193 e. The fourth-order valence-corrected chi connectivity index (χ4v) is 2.95. The zero-order valence-corrected chi connectivity index (χ0v) is 16.1. The molecule has 0 unspecified atom stereocenters. The van der Waals surface area contributed by atoms with Crippen LogP contribution in [0.25, 0.3) is 0 Å². The number of hydrogen-bond donors (Lipinski definition) is 1. The average molecular weight is 363 g/mol. The number of benzene rings is 1. The van der Waals surface area contributed by atoms with Gasteiger partial charge in [0, 0.05) is 51.6 Å². The summed E-state index contributed by atoms with van der Waals surface area (Å²) < 4.78 is 29.2. The van der Waals surface area contributed by atoms with Crippen LogP contribution < -0.4 is 5.32 Å². The molecule has 1 heterocycles. The van der Waals surface area contributed by atoms with Gasteiger partial charge in [0.15, 0.2) is 5.96 Å². The monoisotopic (exact) mass is 363 g/mol. The van der Waals surface area contributed by atoms with Gasteiger partial charge in [0.05, 0.1) is 5.69 Å². The van der Waals surface area contributed by atoms with Gasteiger partial charge < -0.3 is 10.2 Å². The Hall–Kier alpha value is -2.44. The van der Waals surface area contributed by atoms with Crippen molar-refractivity contribution in [1.82, 2.24) is 20.0 Å². The molecule has 1 aromatic carbocycles. The molecule has 0 saturated carbocycles. The van der Waals surface area contributed by atoms with Crippen LogP contribution in [0.3, 0.4) is 0 Å². The number of nitrogens with zero attached hydrogens (tertiary/aromatic N) is 4. The number of nitrogens with one attached hydrogen (secondary N) is 1. The van der Waals surface area contributed by atoms with Gasteiger partial charge in [0.25, 0.3) is 0 Å². The Morgan fingerprint density at radius 3 is 2.54 bits per heavy atom. The molecule has 0 atom stereocenters. The van der Waals surface area contributed by atoms with Crippen LogP contribution in [0.4, 0.5) is 8.78 Å². The molecule has 5 nitrogen and oxygen atoms in total. The van der Waals surface area contributed by atoms with Crippen molar-refractivity contribution in [3.63, 3.8) is 0 Å². The van der Waals surface area contributed by atoms with Gasteiger partial charge in [0.2, 0.25) is 0 Å². The maximum absolute atomic E-state index is 13.7. The minimum Gasteiger partial charge on any atom is -0.356 e. The fourth-order valence-electron chi connectivity index (χ4n) is 2.95. The Morgan fingerprint density at radius 1 is 1.31 bits per heavy atom. The van der Waals surface area contributed by atoms with Crippen LogP contribution in [0, 0.1) is 11.6 Å². The van der Waals surface area contributed by atoms with Gasteiger partial charge in [-0.05, 0) is 24.5 Å². The highest BCUT2D eigenvalue weighted by Crippen LogP contribution is 2.18. The Balaban J connectivity index is 1.98. The lowest BCUT2D eigenvalue weighted by atomic mass is 10.1. The summed E-state index contributed by atoms with van der Waals surface area (Å²) in [6, 6.07) is 3.92. The molecule has 0 aliphatic heterocycles. The van der Waals surface area contributed by atoms with Gasteiger partial charge in [-0.25, -0.2) is 8.78 Å². The Morgan fingerprint density at radius 2 is 1.96 bits per heavy atom. The predicted molar refractivity (Wildman–Crippen MR) is 100 cm³/mol. The largest absolute Gasteiger partial charge is 0.356 e. The molecule has 7 heteroatoms. The maximum atomic E-state index is 13.7. The summed E-state index contributed by atoms with van der Waals surface area (Å²) in [5, 5.41) is 7.68. The van der Waals surface area contributed by atoms with Crippen molar-refractivity contribution in [2.75, 3.05) is 20.6 Å². The van der Waals surface area contributed by atoms with Crippen molar-refractivity contribution < 1.29 is 8.78 Å². The SMILES string of the molecule is CN=C(NCCc1c(F)cccc1F)N(C)Cc1cn(C)nc1C(C)C. The molecular weight excluding hydrogens is 336 g/mol. The molecule has 0 bridgehead atoms. The molecule has 0 spiro atoms. The minimum atomic E-state index is -0.521. The first-order chi connectivity index (χ1) is 12.3. The molecule has 142 valence electrons. The topological polar surface area (TPSA) is 45.5 Å². The second-order valence-corrected chi connectivity index (χ2v) is 6.65. The molecule has 0 fully saturated rings. The Bertz CT molecular complexity index is 747. The summed E-state index contributed by atoms with van der Waals surface area (Å²) in [6.45, 7) is 5.26. The normalized spacial score (nSPS) is 11.9. The average Bonchev–Trinajstić information content (AvgIpc) is 2.94. The van der Waals surface area contributed by atoms with E-state index in [1.165, 1.54) is 18.2 Å². The number of aryl methyl sites for hydroxylation is 1. The summed E-state index contributed by atoms with van der Waals surface area (Å²) in [5.41, 5.74) is 2.28. The molecule has 26 heavy (non-hydrogen) atoms. The van der Waals surface area contributed by atoms with Crippen LogP contribution in [0.5, 0.6) is 0 Å². The van der Waals surface area contributed by atoms with Gasteiger partial charge in [-0.15, -0.1) is 0 Å². The number of hydrogen-bond acceptors (Lipinski definition) is 2. The molecule has 2 rings (SSSR count). The van der Waals surface area contributed by atoms with Gasteiger partial charge in [-0.1, -0.05) is 19.9 Å². The maximum Gasteiger partial charge on any atom is 0.193 e. The van der Waals surface area contributed by atoms with Crippen LogP contribution in [0.15, 0.2) is 29.4 Å². The van der Waals surface area contributed by atoms with Gasteiger partial charge >= 0.3 is 0 Å². The molecular formula is C19H27F2N5. The van der Waals surface area contributed by atoms with Crippen molar-refractivity contribution in [3.8, 4) is 0 Å². The van der Waals surface area contributed by atoms with Crippen LogP contribution in [0.2, 0.25) is 0 Å². The van der Waals surface area contributed by atoms with E-state index in [0.717, 1.165) is 11.3 Å². The van der Waals surface area contributed by atoms with Crippen molar-refractivity contribution >= 4 is 5.96 Å². The lowest BCUT2D eigenvalue weighted by Gasteiger charge is -2.22. The molecule has 2 aromatic rings. The zero-order valence-electron chi connectivity index (χ0n) is 16.1. The lowest BCUT2D eigenvalue weighted by molar-refractivity contribution is 0.472. The summed E-state index contributed by atoms with van der Waals surface area (Å²) in [4.78, 5) is 6.23. The first kappa shape index (κ1) is 19.9. The van der Waals surface area contributed by atoms with Crippen LogP contribution in [-0.4, -0.2) is 41.3 Å². The standard InChI is InChI=1S/C19H27F2N5/c1-13(2)18-14(12-26(5)24-18)11-25(4)19(22-3)23-10-9-15-16(20)7-6-8-17(15)21/h6-8,12-13H,9-11H2,1-5H3,(H,22,23). The first-order valence-corrected chi connectivity index (χ1v) is 8.70. The third kappa shape index (κ3) is 4.80. The minimum absolute atomic E-state index is 0.0902. The van der Waals surface area contributed by atoms with E-state index in [1.807, 2.05) is 29.9 Å². The zero-order chi connectivity index (χ0) is 19.3. The second-order valence-electron chi connectivity index (χ2n) is 6.65. The summed E-state index contributed by atoms with van der Waals surface area (Å²) >= 11 is 0. The van der Waals surface area contributed by atoms with E-state index in [0.29, 0.717) is 25.0 Å². The van der Waals surface area contributed by atoms with E-state index in [2.05, 4.69) is 29.3 Å². The molecule has 0 aliphatic carbocycles. The molecule has 1 N–H and O–H groups in total. The number of rotatable bonds is 6. The van der Waals surface area contributed by atoms with Crippen LogP contribution in [-0.2, 0) is 20.0 Å². The number of guanidine groups is 1. The fraction of sp³-hybridized carbons (Fsp3) is 0.474. The number of aliphatic imine (C=N–C) groups is 1. The highest BCUT2D eigenvalue weighted by molar-refractivity contribution is 5.79. The first-order valence-electron chi connectivity index (χ1n) is 8.70. The quantitative estimate of drug-likeness (QED) is 0.634. The number of aromatic nitrogens is 2. The molecule has 1 aromatic heterocycles. The Labute approximate surface area is 153 Å². The molecule has 0 radical (unpaired) electrons. The highest BCUT2D eigenvalue weighted by atomic mass is 19.1. The van der Waals surface area contributed by atoms with Gasteiger partial charge in [-0.2, -0.15) is 5.10 Å². The van der Waals surface area contributed by atoms with E-state index >= 15 is 0 Å². The predicted octanol–water partition coefficient (Wildman–Crippen LogP) is 3.07. The van der Waals surface area contributed by atoms with E-state index in [9.17, 15) is 8.78 Å². The van der Waals surface area contributed by atoms with Gasteiger partial charge in [-0.3, -0.25) is 9.67 Å².